The van der Waals surface area contributed by atoms with Crippen LogP contribution in [0.15, 0.2) is 59.1 Å². The number of H-pyrrole nitrogens is 1. The van der Waals surface area contributed by atoms with Crippen molar-refractivity contribution in [3.8, 4) is 11.4 Å². The second kappa shape index (κ2) is 14.1. The molecule has 0 bridgehead atoms. The zero-order chi connectivity index (χ0) is 30.1. The highest BCUT2D eigenvalue weighted by Gasteiger charge is 2.41. The number of aromatic amines is 1. The lowest BCUT2D eigenvalue weighted by Crippen LogP contribution is -2.45. The molecule has 5 N–H and O–H groups in total. The monoisotopic (exact) mass is 553 g/mol. The molecule has 220 valence electrons. The van der Waals surface area contributed by atoms with Gasteiger partial charge >= 0.3 is 0 Å². The Labute approximate surface area is 238 Å². The summed E-state index contributed by atoms with van der Waals surface area (Å²) < 4.78 is 0. The number of aliphatic imine (C=N–C) groups is 1. The van der Waals surface area contributed by atoms with Crippen LogP contribution in [-0.4, -0.2) is 64.4 Å². The summed E-state index contributed by atoms with van der Waals surface area (Å²) in [5.74, 6) is -2.00. The zero-order valence-corrected chi connectivity index (χ0v) is 25.2. The molecule has 0 saturated carbocycles. The number of rotatable bonds is 11. The Morgan fingerprint density at radius 3 is 2.27 bits per heavy atom. The van der Waals surface area contributed by atoms with Gasteiger partial charge in [0.2, 0.25) is 5.82 Å². The molecule has 9 heteroatoms. The summed E-state index contributed by atoms with van der Waals surface area (Å²) in [7, 11) is 0. The summed E-state index contributed by atoms with van der Waals surface area (Å²) in [6.45, 7) is 15.2. The first kappa shape index (κ1) is 33.2. The molecule has 9 nitrogen and oxygen atoms in total. The molecule has 0 amide bonds. The molecule has 0 aliphatic heterocycles. The van der Waals surface area contributed by atoms with Gasteiger partial charge < -0.3 is 20.4 Å². The van der Waals surface area contributed by atoms with E-state index in [0.717, 1.165) is 34.4 Å². The lowest BCUT2D eigenvalue weighted by molar-refractivity contribution is -0.366. The van der Waals surface area contributed by atoms with Gasteiger partial charge in [-0.25, -0.2) is 0 Å². The molecular weight excluding hydrogens is 506 g/mol. The first-order chi connectivity index (χ1) is 18.7. The van der Waals surface area contributed by atoms with E-state index in [2.05, 4.69) is 41.4 Å². The van der Waals surface area contributed by atoms with Gasteiger partial charge in [-0.2, -0.15) is 5.21 Å². The van der Waals surface area contributed by atoms with Crippen LogP contribution < -0.4 is 0 Å². The fourth-order valence-electron chi connectivity index (χ4n) is 4.43. The number of nitrogens with one attached hydrogen (secondary N) is 1. The highest BCUT2D eigenvalue weighted by molar-refractivity contribution is 5.86. The Bertz CT molecular complexity index is 1200. The van der Waals surface area contributed by atoms with E-state index in [1.807, 2.05) is 56.3 Å². The molecular formula is C31H47N5O4. The predicted octanol–water partition coefficient (Wildman–Crippen LogP) is 5.23. The van der Waals surface area contributed by atoms with Gasteiger partial charge in [0.1, 0.15) is 0 Å². The zero-order valence-electron chi connectivity index (χ0n) is 25.2. The average Bonchev–Trinajstić information content (AvgIpc) is 3.38. The molecule has 40 heavy (non-hydrogen) atoms. The Hall–Kier alpha value is -2.98. The quantitative estimate of drug-likeness (QED) is 0.189. The van der Waals surface area contributed by atoms with Gasteiger partial charge in [0.05, 0.1) is 11.0 Å². The first-order valence-corrected chi connectivity index (χ1v) is 14.1. The van der Waals surface area contributed by atoms with E-state index in [0.29, 0.717) is 24.6 Å². The number of allylic oxidation sites excluding steroid dienone is 4. The van der Waals surface area contributed by atoms with Crippen LogP contribution in [0.4, 0.5) is 0 Å². The highest BCUT2D eigenvalue weighted by atomic mass is 16.7. The van der Waals surface area contributed by atoms with Crippen LogP contribution in [0.3, 0.4) is 0 Å². The van der Waals surface area contributed by atoms with Gasteiger partial charge in [-0.05, 0) is 73.1 Å². The van der Waals surface area contributed by atoms with Crippen LogP contribution >= 0.6 is 0 Å². The van der Waals surface area contributed by atoms with Crippen LogP contribution in [0.25, 0.3) is 17.0 Å². The molecule has 3 unspecified atom stereocenters. The second-order valence-corrected chi connectivity index (χ2v) is 11.2. The lowest BCUT2D eigenvalue weighted by atomic mass is 9.82. The van der Waals surface area contributed by atoms with Crippen molar-refractivity contribution in [1.29, 1.82) is 0 Å². The summed E-state index contributed by atoms with van der Waals surface area (Å²) in [6, 6.07) is 7.74. The minimum atomic E-state index is -2.83. The lowest BCUT2D eigenvalue weighted by Gasteiger charge is -2.34. The molecule has 1 heterocycles. The van der Waals surface area contributed by atoms with Gasteiger partial charge in [-0.1, -0.05) is 84.4 Å². The van der Waals surface area contributed by atoms with E-state index in [1.54, 1.807) is 26.8 Å². The third-order valence-electron chi connectivity index (χ3n) is 7.34. The molecule has 1 aliphatic carbocycles. The predicted molar refractivity (Wildman–Crippen MR) is 160 cm³/mol. The number of tetrazole rings is 1. The topological polar surface area (TPSA) is 148 Å². The fourth-order valence-corrected chi connectivity index (χ4v) is 4.43. The van der Waals surface area contributed by atoms with E-state index in [1.165, 1.54) is 0 Å². The Kier molecular flexibility index (Phi) is 11.7. The molecule has 1 aromatic heterocycles. The third kappa shape index (κ3) is 9.02. The van der Waals surface area contributed by atoms with Gasteiger partial charge in [-0.3, -0.25) is 4.99 Å². The number of hydrogen-bond acceptors (Lipinski definition) is 8. The van der Waals surface area contributed by atoms with Crippen molar-refractivity contribution >= 4 is 11.3 Å². The number of hydrogen-bond donors (Lipinski definition) is 5. The maximum atomic E-state index is 11.2. The van der Waals surface area contributed by atoms with Crippen LogP contribution in [0.2, 0.25) is 0 Å². The number of aromatic nitrogens is 4. The van der Waals surface area contributed by atoms with Gasteiger partial charge in [0, 0.05) is 17.3 Å². The van der Waals surface area contributed by atoms with Gasteiger partial charge in [0.25, 0.3) is 5.97 Å². The van der Waals surface area contributed by atoms with Crippen LogP contribution in [0, 0.1) is 11.3 Å². The highest BCUT2D eigenvalue weighted by Crippen LogP contribution is 2.34. The van der Waals surface area contributed by atoms with E-state index >= 15 is 0 Å². The van der Waals surface area contributed by atoms with Crippen LogP contribution in [0.1, 0.15) is 86.6 Å². The number of aliphatic hydroxyl groups is 4. The fraction of sp³-hybridized carbons (Fsp3) is 0.548. The Balaban J connectivity index is 0.00000274. The van der Waals surface area contributed by atoms with E-state index in [4.69, 9.17) is 4.99 Å². The third-order valence-corrected chi connectivity index (χ3v) is 7.34. The smallest absolute Gasteiger partial charge is 0.281 e. The minimum absolute atomic E-state index is 0.0490. The first-order valence-electron chi connectivity index (χ1n) is 14.1. The van der Waals surface area contributed by atoms with Crippen molar-refractivity contribution in [2.45, 2.75) is 98.7 Å². The molecule has 0 radical (unpaired) electrons. The van der Waals surface area contributed by atoms with Crippen molar-refractivity contribution in [1.82, 2.24) is 20.6 Å². The summed E-state index contributed by atoms with van der Waals surface area (Å²) in [6.07, 6.45) is 9.89. The molecule has 3 atom stereocenters. The summed E-state index contributed by atoms with van der Waals surface area (Å²) in [5.41, 5.74) is 1.78. The maximum absolute atomic E-state index is 11.2. The molecule has 2 aromatic rings. The SMILES string of the molecule is CC.CCC(C)C(C)N=C(CCC1=CC(C)(O)C=C(c2ccccc2-c2nn[nH]n2)C=C1)CC(C)(C)C(O)(O)O. The Morgan fingerprint density at radius 2 is 1.70 bits per heavy atom. The van der Waals surface area contributed by atoms with Crippen molar-refractivity contribution < 1.29 is 20.4 Å². The summed E-state index contributed by atoms with van der Waals surface area (Å²) in [4.78, 5) is 4.93. The van der Waals surface area contributed by atoms with Crippen molar-refractivity contribution in [3.05, 3.63) is 59.7 Å². The van der Waals surface area contributed by atoms with E-state index in [9.17, 15) is 20.4 Å². The molecule has 1 aromatic carbocycles. The normalized spacial score (nSPS) is 19.6. The van der Waals surface area contributed by atoms with Crippen molar-refractivity contribution in [2.24, 2.45) is 16.3 Å². The van der Waals surface area contributed by atoms with E-state index in [-0.39, 0.29) is 12.5 Å². The number of nitrogens with zero attached hydrogens (tertiary/aromatic N) is 4. The molecule has 3 rings (SSSR count). The van der Waals surface area contributed by atoms with Gasteiger partial charge in [-0.15, -0.1) is 10.2 Å². The van der Waals surface area contributed by atoms with Crippen molar-refractivity contribution in [3.63, 3.8) is 0 Å². The molecule has 1 aliphatic rings. The minimum Gasteiger partial charge on any atom is -0.382 e. The second-order valence-electron chi connectivity index (χ2n) is 11.2. The summed E-state index contributed by atoms with van der Waals surface area (Å²) >= 11 is 0. The van der Waals surface area contributed by atoms with Crippen LogP contribution in [0.5, 0.6) is 0 Å². The Morgan fingerprint density at radius 1 is 1.05 bits per heavy atom. The maximum Gasteiger partial charge on any atom is 0.281 e. The standard InChI is InChI=1S/C29H41N5O4.C2H6/c1-7-19(2)20(3)30-23(18-27(4,5)29(36,37)38)15-13-21-12-14-22(17-28(6,35)16-21)24-10-8-9-11-25(24)26-31-33-34-32-26;1-2/h8-12,14,16-17,19-20,35-38H,7,13,15,18H2,1-6H3,(H,31,32,33,34);1-2H3. The van der Waals surface area contributed by atoms with E-state index < -0.39 is 17.0 Å². The molecule has 0 fully saturated rings. The van der Waals surface area contributed by atoms with Gasteiger partial charge in [0.15, 0.2) is 0 Å². The molecule has 0 saturated heterocycles. The molecule has 0 spiro atoms. The average molecular weight is 554 g/mol. The number of benzene rings is 1. The van der Waals surface area contributed by atoms with Crippen LogP contribution in [-0.2, 0) is 0 Å². The van der Waals surface area contributed by atoms with Crippen molar-refractivity contribution in [2.75, 3.05) is 0 Å². The largest absolute Gasteiger partial charge is 0.382 e. The summed E-state index contributed by atoms with van der Waals surface area (Å²) in [5, 5.41) is 55.3.